The molecule has 4 nitrogen and oxygen atoms in total. The summed E-state index contributed by atoms with van der Waals surface area (Å²) in [6, 6.07) is 17.6. The van der Waals surface area contributed by atoms with Crippen LogP contribution in [-0.2, 0) is 0 Å². The summed E-state index contributed by atoms with van der Waals surface area (Å²) in [4.78, 5) is 13.8. The second-order valence-electron chi connectivity index (χ2n) is 7.76. The number of primary amides is 1. The first kappa shape index (κ1) is 17.3. The van der Waals surface area contributed by atoms with Crippen LogP contribution in [0.15, 0.2) is 48.5 Å². The zero-order valence-electron chi connectivity index (χ0n) is 15.3. The van der Waals surface area contributed by atoms with Gasteiger partial charge in [-0.3, -0.25) is 4.79 Å². The molecule has 0 bridgehead atoms. The van der Waals surface area contributed by atoms with Gasteiger partial charge in [0.25, 0.3) is 0 Å². The Labute approximate surface area is 155 Å². The highest BCUT2D eigenvalue weighted by Gasteiger charge is 2.39. The van der Waals surface area contributed by atoms with Gasteiger partial charge in [-0.05, 0) is 68.2 Å². The van der Waals surface area contributed by atoms with E-state index in [4.69, 9.17) is 5.73 Å². The Kier molecular flexibility index (Phi) is 4.79. The molecule has 2 fully saturated rings. The number of piperidine rings is 1. The third-order valence-electron chi connectivity index (χ3n) is 5.78. The summed E-state index contributed by atoms with van der Waals surface area (Å²) in [6.45, 7) is 2.40. The molecule has 2 atom stereocenters. The molecule has 1 heterocycles. The second-order valence-corrected chi connectivity index (χ2v) is 7.76. The number of nitrogens with one attached hydrogen (secondary N) is 1. The number of hydrogen-bond donors (Lipinski definition) is 2. The normalized spacial score (nSPS) is 23.7. The molecule has 1 saturated carbocycles. The van der Waals surface area contributed by atoms with E-state index in [0.29, 0.717) is 23.6 Å². The van der Waals surface area contributed by atoms with E-state index in [0.717, 1.165) is 11.1 Å². The van der Waals surface area contributed by atoms with Crippen molar-refractivity contribution in [2.45, 2.75) is 37.3 Å². The molecule has 2 aromatic carbocycles. The van der Waals surface area contributed by atoms with Crippen molar-refractivity contribution < 1.29 is 4.79 Å². The van der Waals surface area contributed by atoms with Gasteiger partial charge in [0, 0.05) is 23.6 Å². The van der Waals surface area contributed by atoms with Gasteiger partial charge in [0.2, 0.25) is 5.91 Å². The Morgan fingerprint density at radius 2 is 1.81 bits per heavy atom. The van der Waals surface area contributed by atoms with Crippen LogP contribution in [0.5, 0.6) is 0 Å². The zero-order chi connectivity index (χ0) is 18.1. The van der Waals surface area contributed by atoms with Crippen molar-refractivity contribution in [1.82, 2.24) is 10.2 Å². The van der Waals surface area contributed by atoms with Crippen molar-refractivity contribution in [3.8, 4) is 11.1 Å². The van der Waals surface area contributed by atoms with Crippen molar-refractivity contribution >= 4 is 5.91 Å². The van der Waals surface area contributed by atoms with E-state index in [1.54, 1.807) is 6.07 Å². The Bertz CT molecular complexity index is 778. The van der Waals surface area contributed by atoms with Crippen LogP contribution in [0.25, 0.3) is 11.1 Å². The minimum absolute atomic E-state index is 0.385. The van der Waals surface area contributed by atoms with Crippen molar-refractivity contribution in [2.75, 3.05) is 20.1 Å². The fourth-order valence-electron chi connectivity index (χ4n) is 4.00. The molecule has 0 aromatic heterocycles. The van der Waals surface area contributed by atoms with E-state index in [2.05, 4.69) is 41.5 Å². The molecule has 0 spiro atoms. The van der Waals surface area contributed by atoms with Gasteiger partial charge in [-0.25, -0.2) is 0 Å². The summed E-state index contributed by atoms with van der Waals surface area (Å²) in [5.41, 5.74) is 9.50. The van der Waals surface area contributed by atoms with E-state index in [1.165, 1.54) is 37.9 Å². The topological polar surface area (TPSA) is 58.4 Å². The van der Waals surface area contributed by atoms with Crippen molar-refractivity contribution in [2.24, 2.45) is 5.73 Å². The summed E-state index contributed by atoms with van der Waals surface area (Å²) in [7, 11) is 2.21. The number of hydrogen-bond acceptors (Lipinski definition) is 3. The van der Waals surface area contributed by atoms with Gasteiger partial charge in [0.1, 0.15) is 0 Å². The summed E-state index contributed by atoms with van der Waals surface area (Å²) in [5.74, 6) is 0.255. The highest BCUT2D eigenvalue weighted by molar-refractivity contribution is 5.94. The molecule has 1 aliphatic carbocycles. The number of carbonyl (C=O) groups excluding carboxylic acids is 1. The minimum Gasteiger partial charge on any atom is -0.366 e. The summed E-state index contributed by atoms with van der Waals surface area (Å²) >= 11 is 0. The maximum Gasteiger partial charge on any atom is 0.248 e. The van der Waals surface area contributed by atoms with Gasteiger partial charge in [0.05, 0.1) is 0 Å². The van der Waals surface area contributed by atoms with Crippen LogP contribution < -0.4 is 11.1 Å². The van der Waals surface area contributed by atoms with Crippen molar-refractivity contribution in [3.05, 3.63) is 59.7 Å². The lowest BCUT2D eigenvalue weighted by Crippen LogP contribution is -2.41. The Morgan fingerprint density at radius 1 is 1.08 bits per heavy atom. The average Bonchev–Trinajstić information content (AvgIpc) is 3.43. The van der Waals surface area contributed by atoms with Crippen molar-refractivity contribution in [1.29, 1.82) is 0 Å². The van der Waals surface area contributed by atoms with Gasteiger partial charge in [-0.1, -0.05) is 36.4 Å². The average molecular weight is 349 g/mol. The summed E-state index contributed by atoms with van der Waals surface area (Å²) < 4.78 is 0. The summed E-state index contributed by atoms with van der Waals surface area (Å²) in [6.07, 6.45) is 3.76. The van der Waals surface area contributed by atoms with Crippen LogP contribution >= 0.6 is 0 Å². The summed E-state index contributed by atoms with van der Waals surface area (Å²) in [5, 5.41) is 3.85. The Hall–Kier alpha value is -2.17. The second kappa shape index (κ2) is 7.22. The highest BCUT2D eigenvalue weighted by Crippen LogP contribution is 2.42. The molecule has 0 radical (unpaired) electrons. The number of nitrogens with two attached hydrogens (primary N) is 1. The molecule has 3 N–H and O–H groups in total. The predicted molar refractivity (Wildman–Crippen MR) is 105 cm³/mol. The molecular formula is C22H27N3O. The SMILES string of the molecule is CN1CCC(NC2CC2c2ccc(-c3cccc(C(N)=O)c3)cc2)CC1. The standard InChI is InChI=1S/C22H27N3O/c1-25-11-9-19(10-12-25)24-21-14-20(21)16-7-5-15(6-8-16)17-3-2-4-18(13-17)22(23)26/h2-8,13,19-21,24H,9-12,14H2,1H3,(H2,23,26). The van der Waals surface area contributed by atoms with E-state index in [9.17, 15) is 4.79 Å². The molecule has 136 valence electrons. The van der Waals surface area contributed by atoms with Gasteiger partial charge in [-0.2, -0.15) is 0 Å². The fourth-order valence-corrected chi connectivity index (χ4v) is 4.00. The molecule has 2 aromatic rings. The first-order chi connectivity index (χ1) is 12.6. The van der Waals surface area contributed by atoms with E-state index < -0.39 is 0 Å². The van der Waals surface area contributed by atoms with Crippen LogP contribution in [0.3, 0.4) is 0 Å². The third kappa shape index (κ3) is 3.81. The number of benzene rings is 2. The molecule has 2 unspecified atom stereocenters. The number of likely N-dealkylation sites (tertiary alicyclic amines) is 1. The third-order valence-corrected chi connectivity index (χ3v) is 5.78. The van der Waals surface area contributed by atoms with Gasteiger partial charge in [-0.15, -0.1) is 0 Å². The fraction of sp³-hybridized carbons (Fsp3) is 0.409. The lowest BCUT2D eigenvalue weighted by molar-refractivity contribution is 0.100. The molecular weight excluding hydrogens is 322 g/mol. The van der Waals surface area contributed by atoms with Crippen LogP contribution in [0, 0.1) is 0 Å². The highest BCUT2D eigenvalue weighted by atomic mass is 16.1. The lowest BCUT2D eigenvalue weighted by Gasteiger charge is -2.29. The molecule has 1 amide bonds. The predicted octanol–water partition coefficient (Wildman–Crippen LogP) is 2.99. The number of amides is 1. The van der Waals surface area contributed by atoms with E-state index >= 15 is 0 Å². The first-order valence-corrected chi connectivity index (χ1v) is 9.55. The monoisotopic (exact) mass is 349 g/mol. The lowest BCUT2D eigenvalue weighted by atomic mass is 10.00. The quantitative estimate of drug-likeness (QED) is 0.872. The maximum absolute atomic E-state index is 11.4. The van der Waals surface area contributed by atoms with Crippen LogP contribution in [-0.4, -0.2) is 43.0 Å². The molecule has 2 aliphatic rings. The van der Waals surface area contributed by atoms with Gasteiger partial charge >= 0.3 is 0 Å². The van der Waals surface area contributed by atoms with E-state index in [1.807, 2.05) is 18.2 Å². The minimum atomic E-state index is -0.385. The molecule has 26 heavy (non-hydrogen) atoms. The number of carbonyl (C=O) groups is 1. The molecule has 1 aliphatic heterocycles. The Balaban J connectivity index is 1.38. The maximum atomic E-state index is 11.4. The molecule has 4 heteroatoms. The van der Waals surface area contributed by atoms with Crippen LogP contribution in [0.1, 0.15) is 41.1 Å². The Morgan fingerprint density at radius 3 is 2.50 bits per heavy atom. The smallest absolute Gasteiger partial charge is 0.248 e. The molecule has 1 saturated heterocycles. The first-order valence-electron chi connectivity index (χ1n) is 9.55. The zero-order valence-corrected chi connectivity index (χ0v) is 15.3. The van der Waals surface area contributed by atoms with Gasteiger partial charge in [0.15, 0.2) is 0 Å². The number of rotatable bonds is 5. The van der Waals surface area contributed by atoms with Crippen molar-refractivity contribution in [3.63, 3.8) is 0 Å². The van der Waals surface area contributed by atoms with Gasteiger partial charge < -0.3 is 16.0 Å². The number of nitrogens with zero attached hydrogens (tertiary/aromatic N) is 1. The van der Waals surface area contributed by atoms with E-state index in [-0.39, 0.29) is 5.91 Å². The molecule has 4 rings (SSSR count). The van der Waals surface area contributed by atoms with Crippen LogP contribution in [0.2, 0.25) is 0 Å². The van der Waals surface area contributed by atoms with Crippen LogP contribution in [0.4, 0.5) is 0 Å². The largest absolute Gasteiger partial charge is 0.366 e.